The molecular weight excluding hydrogens is 328 g/mol. The van der Waals surface area contributed by atoms with E-state index in [1.54, 1.807) is 0 Å². The van der Waals surface area contributed by atoms with E-state index in [0.717, 1.165) is 17.8 Å². The summed E-state index contributed by atoms with van der Waals surface area (Å²) < 4.78 is 0. The van der Waals surface area contributed by atoms with E-state index in [1.807, 2.05) is 67.7 Å². The van der Waals surface area contributed by atoms with E-state index in [4.69, 9.17) is 0 Å². The Hall–Kier alpha value is -3.02. The SMILES string of the molecule is CN(CCNC(=O)CCNC(=O)NCc1ccccc1)c1ccccc1. The summed E-state index contributed by atoms with van der Waals surface area (Å²) in [5, 5.41) is 8.31. The third-order valence-electron chi connectivity index (χ3n) is 3.90. The highest BCUT2D eigenvalue weighted by molar-refractivity contribution is 5.78. The fourth-order valence-electron chi connectivity index (χ4n) is 2.39. The number of hydrogen-bond donors (Lipinski definition) is 3. The van der Waals surface area contributed by atoms with E-state index in [-0.39, 0.29) is 18.4 Å². The van der Waals surface area contributed by atoms with Gasteiger partial charge in [0.05, 0.1) is 0 Å². The predicted molar refractivity (Wildman–Crippen MR) is 104 cm³/mol. The van der Waals surface area contributed by atoms with Gasteiger partial charge in [0, 0.05) is 45.3 Å². The van der Waals surface area contributed by atoms with Crippen molar-refractivity contribution in [1.29, 1.82) is 0 Å². The fraction of sp³-hybridized carbons (Fsp3) is 0.300. The summed E-state index contributed by atoms with van der Waals surface area (Å²) in [5.41, 5.74) is 2.14. The minimum Gasteiger partial charge on any atom is -0.373 e. The van der Waals surface area contributed by atoms with Crippen molar-refractivity contribution in [2.75, 3.05) is 31.6 Å². The van der Waals surface area contributed by atoms with Crippen LogP contribution in [0, 0.1) is 0 Å². The molecule has 3 N–H and O–H groups in total. The van der Waals surface area contributed by atoms with Crippen LogP contribution in [0.2, 0.25) is 0 Å². The molecule has 0 radical (unpaired) electrons. The molecule has 0 bridgehead atoms. The van der Waals surface area contributed by atoms with Crippen LogP contribution in [0.25, 0.3) is 0 Å². The summed E-state index contributed by atoms with van der Waals surface area (Å²) in [6.07, 6.45) is 0.258. The lowest BCUT2D eigenvalue weighted by atomic mass is 10.2. The largest absolute Gasteiger partial charge is 0.373 e. The van der Waals surface area contributed by atoms with Crippen molar-refractivity contribution in [1.82, 2.24) is 16.0 Å². The van der Waals surface area contributed by atoms with Gasteiger partial charge in [-0.1, -0.05) is 48.5 Å². The first-order chi connectivity index (χ1) is 12.6. The van der Waals surface area contributed by atoms with Gasteiger partial charge in [0.2, 0.25) is 5.91 Å². The van der Waals surface area contributed by atoms with Crippen LogP contribution in [0.1, 0.15) is 12.0 Å². The van der Waals surface area contributed by atoms with Gasteiger partial charge in [-0.2, -0.15) is 0 Å². The Morgan fingerprint density at radius 3 is 2.19 bits per heavy atom. The van der Waals surface area contributed by atoms with Gasteiger partial charge in [0.25, 0.3) is 0 Å². The van der Waals surface area contributed by atoms with Crippen molar-refractivity contribution >= 4 is 17.6 Å². The van der Waals surface area contributed by atoms with Crippen molar-refractivity contribution in [3.63, 3.8) is 0 Å². The van der Waals surface area contributed by atoms with Crippen LogP contribution >= 0.6 is 0 Å². The zero-order chi connectivity index (χ0) is 18.6. The highest BCUT2D eigenvalue weighted by Gasteiger charge is 2.05. The third kappa shape index (κ3) is 7.25. The van der Waals surface area contributed by atoms with E-state index in [1.165, 1.54) is 0 Å². The van der Waals surface area contributed by atoms with Gasteiger partial charge in [-0.05, 0) is 17.7 Å². The van der Waals surface area contributed by atoms with Crippen LogP contribution < -0.4 is 20.9 Å². The van der Waals surface area contributed by atoms with Gasteiger partial charge < -0.3 is 20.9 Å². The number of rotatable bonds is 9. The normalized spacial score (nSPS) is 10.0. The third-order valence-corrected chi connectivity index (χ3v) is 3.90. The smallest absolute Gasteiger partial charge is 0.315 e. The molecule has 0 spiro atoms. The summed E-state index contributed by atoms with van der Waals surface area (Å²) in [6, 6.07) is 19.4. The topological polar surface area (TPSA) is 73.5 Å². The Bertz CT molecular complexity index is 677. The van der Waals surface area contributed by atoms with Gasteiger partial charge in [-0.3, -0.25) is 4.79 Å². The van der Waals surface area contributed by atoms with Crippen molar-refractivity contribution < 1.29 is 9.59 Å². The number of nitrogens with one attached hydrogen (secondary N) is 3. The van der Waals surface area contributed by atoms with Crippen molar-refractivity contribution in [3.05, 3.63) is 66.2 Å². The number of hydrogen-bond acceptors (Lipinski definition) is 3. The monoisotopic (exact) mass is 354 g/mol. The molecule has 2 aromatic rings. The number of anilines is 1. The molecule has 0 aliphatic carbocycles. The molecular formula is C20H26N4O2. The number of benzene rings is 2. The first-order valence-corrected chi connectivity index (χ1v) is 8.73. The summed E-state index contributed by atoms with van der Waals surface area (Å²) in [4.78, 5) is 25.6. The second-order valence-electron chi connectivity index (χ2n) is 5.95. The maximum Gasteiger partial charge on any atom is 0.315 e. The molecule has 0 unspecified atom stereocenters. The lowest BCUT2D eigenvalue weighted by Gasteiger charge is -2.19. The van der Waals surface area contributed by atoms with E-state index in [9.17, 15) is 9.59 Å². The molecule has 3 amide bonds. The molecule has 0 saturated carbocycles. The van der Waals surface area contributed by atoms with Crippen LogP contribution in [0.5, 0.6) is 0 Å². The van der Waals surface area contributed by atoms with Gasteiger partial charge in [-0.15, -0.1) is 0 Å². The van der Waals surface area contributed by atoms with Crippen LogP contribution in [0.15, 0.2) is 60.7 Å². The number of carbonyl (C=O) groups is 2. The first kappa shape index (κ1) is 19.3. The lowest BCUT2D eigenvalue weighted by Crippen LogP contribution is -2.38. The van der Waals surface area contributed by atoms with E-state index in [0.29, 0.717) is 19.6 Å². The summed E-state index contributed by atoms with van der Waals surface area (Å²) >= 11 is 0. The van der Waals surface area contributed by atoms with E-state index >= 15 is 0 Å². The molecule has 0 atom stereocenters. The number of urea groups is 1. The molecule has 0 aromatic heterocycles. The van der Waals surface area contributed by atoms with Crippen LogP contribution in [-0.2, 0) is 11.3 Å². The van der Waals surface area contributed by atoms with Crippen molar-refractivity contribution in [2.45, 2.75) is 13.0 Å². The summed E-state index contributed by atoms with van der Waals surface area (Å²) in [6.45, 7) is 2.05. The predicted octanol–water partition coefficient (Wildman–Crippen LogP) is 2.13. The molecule has 6 heteroatoms. The standard InChI is InChI=1S/C20H26N4O2/c1-24(18-10-6-3-7-11-18)15-14-21-19(25)12-13-22-20(26)23-16-17-8-4-2-5-9-17/h2-11H,12-16H2,1H3,(H,21,25)(H2,22,23,26). The lowest BCUT2D eigenvalue weighted by molar-refractivity contribution is -0.120. The van der Waals surface area contributed by atoms with Crippen LogP contribution in [0.3, 0.4) is 0 Å². The van der Waals surface area contributed by atoms with Gasteiger partial charge in [0.15, 0.2) is 0 Å². The molecule has 138 valence electrons. The Kier molecular flexibility index (Phi) is 7.99. The first-order valence-electron chi connectivity index (χ1n) is 8.73. The molecule has 2 aromatic carbocycles. The van der Waals surface area contributed by atoms with Gasteiger partial charge in [-0.25, -0.2) is 4.79 Å². The maximum absolute atomic E-state index is 11.8. The molecule has 0 heterocycles. The minimum absolute atomic E-state index is 0.0742. The van der Waals surface area contributed by atoms with E-state index < -0.39 is 0 Å². The highest BCUT2D eigenvalue weighted by atomic mass is 16.2. The van der Waals surface area contributed by atoms with Gasteiger partial charge >= 0.3 is 6.03 Å². The molecule has 0 aliphatic heterocycles. The maximum atomic E-state index is 11.8. The minimum atomic E-state index is -0.273. The Labute approximate surface area is 154 Å². The zero-order valence-electron chi connectivity index (χ0n) is 15.1. The molecule has 0 fully saturated rings. The van der Waals surface area contributed by atoms with Crippen molar-refractivity contribution in [3.8, 4) is 0 Å². The van der Waals surface area contributed by atoms with Gasteiger partial charge in [0.1, 0.15) is 0 Å². The second kappa shape index (κ2) is 10.8. The molecule has 6 nitrogen and oxygen atoms in total. The quantitative estimate of drug-likeness (QED) is 0.646. The molecule has 26 heavy (non-hydrogen) atoms. The second-order valence-corrected chi connectivity index (χ2v) is 5.95. The average Bonchev–Trinajstić information content (AvgIpc) is 2.68. The Balaban J connectivity index is 1.54. The summed E-state index contributed by atoms with van der Waals surface area (Å²) in [5.74, 6) is -0.0742. The molecule has 2 rings (SSSR count). The van der Waals surface area contributed by atoms with Crippen LogP contribution in [0.4, 0.5) is 10.5 Å². The highest BCUT2D eigenvalue weighted by Crippen LogP contribution is 2.09. The van der Waals surface area contributed by atoms with E-state index in [2.05, 4.69) is 20.9 Å². The van der Waals surface area contributed by atoms with Crippen molar-refractivity contribution in [2.24, 2.45) is 0 Å². The number of likely N-dealkylation sites (N-methyl/N-ethyl adjacent to an activating group) is 1. The molecule has 0 aliphatic rings. The number of amides is 3. The number of para-hydroxylation sites is 1. The zero-order valence-corrected chi connectivity index (χ0v) is 15.1. The average molecular weight is 354 g/mol. The Morgan fingerprint density at radius 2 is 1.50 bits per heavy atom. The fourth-order valence-corrected chi connectivity index (χ4v) is 2.39. The molecule has 0 saturated heterocycles. The summed E-state index contributed by atoms with van der Waals surface area (Å²) in [7, 11) is 1.99. The number of carbonyl (C=O) groups excluding carboxylic acids is 2. The number of nitrogens with zero attached hydrogens (tertiary/aromatic N) is 1. The Morgan fingerprint density at radius 1 is 0.846 bits per heavy atom. The van der Waals surface area contributed by atoms with Crippen LogP contribution in [-0.4, -0.2) is 38.6 Å².